The third-order valence-corrected chi connectivity index (χ3v) is 7.55. The number of fused-ring (bicyclic) bond motifs is 1. The van der Waals surface area contributed by atoms with Crippen LogP contribution in [0.15, 0.2) is 24.3 Å². The first kappa shape index (κ1) is 27.2. The van der Waals surface area contributed by atoms with E-state index in [1.54, 1.807) is 0 Å². The Morgan fingerprint density at radius 3 is 2.11 bits per heavy atom. The van der Waals surface area contributed by atoms with Crippen LogP contribution in [-0.2, 0) is 27.4 Å². The van der Waals surface area contributed by atoms with Crippen LogP contribution in [0.4, 0.5) is 0 Å². The molecule has 0 saturated carbocycles. The highest BCUT2D eigenvalue weighted by atomic mass is 16.6. The molecule has 200 valence electrons. The summed E-state index contributed by atoms with van der Waals surface area (Å²) in [4.78, 5) is 17.8. The second-order valence-electron chi connectivity index (χ2n) is 11.5. The summed E-state index contributed by atoms with van der Waals surface area (Å²) in [6.45, 7) is 17.7. The highest BCUT2D eigenvalue weighted by molar-refractivity contribution is 5.86. The number of nitrogens with one attached hydrogen (secondary N) is 1. The molecule has 2 aromatic rings. The van der Waals surface area contributed by atoms with Crippen molar-refractivity contribution in [2.24, 2.45) is 0 Å². The van der Waals surface area contributed by atoms with E-state index in [0.717, 1.165) is 53.7 Å². The summed E-state index contributed by atoms with van der Waals surface area (Å²) in [5, 5.41) is 8.97. The highest BCUT2D eigenvalue weighted by Crippen LogP contribution is 2.44. The Bertz CT molecular complexity index is 1160. The van der Waals surface area contributed by atoms with Crippen molar-refractivity contribution >= 4 is 11.9 Å². The molecule has 2 aromatic carbocycles. The van der Waals surface area contributed by atoms with E-state index in [9.17, 15) is 4.79 Å². The third kappa shape index (κ3) is 5.69. The lowest BCUT2D eigenvalue weighted by Crippen LogP contribution is -2.43. The van der Waals surface area contributed by atoms with Crippen molar-refractivity contribution in [2.45, 2.75) is 92.5 Å². The molecular formula is C31H43N3O3. The van der Waals surface area contributed by atoms with Gasteiger partial charge in [0.05, 0.1) is 12.2 Å². The normalized spacial score (nSPS) is 16.5. The number of piperidine rings is 1. The lowest BCUT2D eigenvalue weighted by atomic mass is 9.83. The van der Waals surface area contributed by atoms with Gasteiger partial charge in [0.1, 0.15) is 0 Å². The lowest BCUT2D eigenvalue weighted by Gasteiger charge is -2.33. The molecule has 0 aromatic heterocycles. The zero-order valence-corrected chi connectivity index (χ0v) is 23.7. The Kier molecular flexibility index (Phi) is 7.98. The van der Waals surface area contributed by atoms with Gasteiger partial charge in [0.25, 0.3) is 0 Å². The minimum atomic E-state index is -0.837. The Morgan fingerprint density at radius 1 is 0.946 bits per heavy atom. The molecule has 2 aliphatic rings. The predicted molar refractivity (Wildman–Crippen MR) is 149 cm³/mol. The van der Waals surface area contributed by atoms with E-state index in [0.29, 0.717) is 25.7 Å². The Morgan fingerprint density at radius 2 is 1.54 bits per heavy atom. The van der Waals surface area contributed by atoms with Crippen molar-refractivity contribution in [1.29, 1.82) is 5.41 Å². The lowest BCUT2D eigenvalue weighted by molar-refractivity contribution is -0.166. The van der Waals surface area contributed by atoms with Crippen molar-refractivity contribution in [3.8, 4) is 11.1 Å². The Hall–Kier alpha value is -2.86. The topological polar surface area (TPSA) is 65.9 Å². The van der Waals surface area contributed by atoms with E-state index in [-0.39, 0.29) is 5.97 Å². The van der Waals surface area contributed by atoms with E-state index in [1.165, 1.54) is 23.1 Å². The molecule has 2 aliphatic heterocycles. The molecule has 0 bridgehead atoms. The van der Waals surface area contributed by atoms with Crippen LogP contribution >= 0.6 is 0 Å². The van der Waals surface area contributed by atoms with Crippen molar-refractivity contribution in [3.63, 3.8) is 0 Å². The van der Waals surface area contributed by atoms with Crippen LogP contribution in [0.25, 0.3) is 11.1 Å². The van der Waals surface area contributed by atoms with Gasteiger partial charge < -0.3 is 19.3 Å². The molecule has 6 nitrogen and oxygen atoms in total. The second kappa shape index (κ2) is 10.9. The summed E-state index contributed by atoms with van der Waals surface area (Å²) in [6.07, 6.45) is 2.70. The summed E-state index contributed by atoms with van der Waals surface area (Å²) in [5.41, 5.74) is 8.34. The summed E-state index contributed by atoms with van der Waals surface area (Å²) < 4.78 is 12.0. The number of aryl methyl sites for hydroxylation is 1. The zero-order valence-electron chi connectivity index (χ0n) is 23.7. The number of guanidine groups is 1. The average molecular weight is 506 g/mol. The molecule has 37 heavy (non-hydrogen) atoms. The molecule has 1 fully saturated rings. The monoisotopic (exact) mass is 505 g/mol. The number of benzene rings is 2. The second-order valence-corrected chi connectivity index (χ2v) is 11.5. The fourth-order valence-electron chi connectivity index (χ4n) is 5.69. The van der Waals surface area contributed by atoms with E-state index in [4.69, 9.17) is 14.9 Å². The molecule has 1 saturated heterocycles. The van der Waals surface area contributed by atoms with Gasteiger partial charge in [0.15, 0.2) is 12.1 Å². The fourth-order valence-corrected chi connectivity index (χ4v) is 5.69. The summed E-state index contributed by atoms with van der Waals surface area (Å²) in [5.74, 6) is 0.255. The first-order valence-electron chi connectivity index (χ1n) is 13.7. The standard InChI is InChI=1S/C31H43N3O3/c1-8-36-29(35)28(37-31(5,6)7)27-22(4)25-19-34(30(32)33-16-10-9-11-17-33)18-24(25)21(3)26(27)23-14-12-20(2)13-15-23/h12-15,28,32H,8-11,16-19H2,1-7H3/t28-/m0/s1. The number of hydrogen-bond acceptors (Lipinski definition) is 4. The van der Waals surface area contributed by atoms with Gasteiger partial charge in [-0.1, -0.05) is 29.8 Å². The van der Waals surface area contributed by atoms with Crippen molar-refractivity contribution < 1.29 is 14.3 Å². The van der Waals surface area contributed by atoms with Gasteiger partial charge in [-0.05, 0) is 101 Å². The van der Waals surface area contributed by atoms with Crippen LogP contribution in [0.2, 0.25) is 0 Å². The maximum atomic E-state index is 13.4. The SMILES string of the molecule is CCOC(=O)[C@@H](OC(C)(C)C)c1c(C)c2c(c(C)c1-c1ccc(C)cc1)CN(C(=N)N1CCCCC1)C2. The van der Waals surface area contributed by atoms with Crippen molar-refractivity contribution in [1.82, 2.24) is 9.80 Å². The molecule has 0 spiro atoms. The van der Waals surface area contributed by atoms with Gasteiger partial charge in [-0.3, -0.25) is 5.41 Å². The van der Waals surface area contributed by atoms with Gasteiger partial charge in [-0.25, -0.2) is 4.79 Å². The molecule has 1 atom stereocenters. The summed E-state index contributed by atoms with van der Waals surface area (Å²) in [6, 6.07) is 8.50. The predicted octanol–water partition coefficient (Wildman–Crippen LogP) is 6.43. The minimum absolute atomic E-state index is 0.298. The molecule has 0 aliphatic carbocycles. The van der Waals surface area contributed by atoms with Crippen molar-refractivity contribution in [2.75, 3.05) is 19.7 Å². The first-order valence-corrected chi connectivity index (χ1v) is 13.7. The van der Waals surface area contributed by atoms with Crippen LogP contribution in [-0.4, -0.2) is 47.0 Å². The smallest absolute Gasteiger partial charge is 0.339 e. The van der Waals surface area contributed by atoms with Gasteiger partial charge in [0, 0.05) is 31.7 Å². The van der Waals surface area contributed by atoms with Gasteiger partial charge in [-0.2, -0.15) is 0 Å². The van der Waals surface area contributed by atoms with Gasteiger partial charge in [0.2, 0.25) is 0 Å². The minimum Gasteiger partial charge on any atom is -0.464 e. The molecule has 2 heterocycles. The number of esters is 1. The molecule has 6 heteroatoms. The maximum absolute atomic E-state index is 13.4. The van der Waals surface area contributed by atoms with E-state index in [1.807, 2.05) is 27.7 Å². The number of carbonyl (C=O) groups is 1. The van der Waals surface area contributed by atoms with Gasteiger partial charge in [-0.15, -0.1) is 0 Å². The molecular weight excluding hydrogens is 462 g/mol. The first-order chi connectivity index (χ1) is 17.5. The van der Waals surface area contributed by atoms with E-state index in [2.05, 4.69) is 54.8 Å². The summed E-state index contributed by atoms with van der Waals surface area (Å²) in [7, 11) is 0. The number of nitrogens with zero attached hydrogens (tertiary/aromatic N) is 2. The number of likely N-dealkylation sites (tertiary alicyclic amines) is 1. The van der Waals surface area contributed by atoms with Crippen LogP contribution < -0.4 is 0 Å². The Balaban J connectivity index is 1.87. The number of rotatable bonds is 5. The van der Waals surface area contributed by atoms with Crippen LogP contribution in [0.3, 0.4) is 0 Å². The average Bonchev–Trinajstić information content (AvgIpc) is 3.31. The van der Waals surface area contributed by atoms with Crippen LogP contribution in [0, 0.1) is 26.2 Å². The number of carbonyl (C=O) groups excluding carboxylic acids is 1. The highest BCUT2D eigenvalue weighted by Gasteiger charge is 2.37. The molecule has 4 rings (SSSR count). The largest absolute Gasteiger partial charge is 0.464 e. The molecule has 0 unspecified atom stereocenters. The Labute approximate surface area is 222 Å². The zero-order chi connectivity index (χ0) is 26.9. The summed E-state index contributed by atoms with van der Waals surface area (Å²) >= 11 is 0. The van der Waals surface area contributed by atoms with Crippen LogP contribution in [0.5, 0.6) is 0 Å². The van der Waals surface area contributed by atoms with E-state index < -0.39 is 11.7 Å². The quantitative estimate of drug-likeness (QED) is 0.288. The number of hydrogen-bond donors (Lipinski definition) is 1. The fraction of sp³-hybridized carbons (Fsp3) is 0.548. The van der Waals surface area contributed by atoms with Crippen LogP contribution in [0.1, 0.15) is 86.4 Å². The van der Waals surface area contributed by atoms with Crippen molar-refractivity contribution in [3.05, 3.63) is 57.6 Å². The third-order valence-electron chi connectivity index (χ3n) is 7.55. The molecule has 1 N–H and O–H groups in total. The number of ether oxygens (including phenoxy) is 2. The van der Waals surface area contributed by atoms with E-state index >= 15 is 0 Å². The van der Waals surface area contributed by atoms with Gasteiger partial charge >= 0.3 is 5.97 Å². The molecule has 0 radical (unpaired) electrons. The molecule has 0 amide bonds. The maximum Gasteiger partial charge on any atom is 0.339 e.